The van der Waals surface area contributed by atoms with E-state index in [0.717, 1.165) is 12.2 Å². The summed E-state index contributed by atoms with van der Waals surface area (Å²) in [6.45, 7) is 2.97. The summed E-state index contributed by atoms with van der Waals surface area (Å²) in [6.07, 6.45) is 0.947. The van der Waals surface area contributed by atoms with Crippen LogP contribution in [0.25, 0.3) is 0 Å². The van der Waals surface area contributed by atoms with Crippen molar-refractivity contribution < 1.29 is 28.5 Å². The minimum atomic E-state index is -0.599. The van der Waals surface area contributed by atoms with Crippen LogP contribution < -0.4 is 9.47 Å². The first-order chi connectivity index (χ1) is 12.7. The van der Waals surface area contributed by atoms with Crippen molar-refractivity contribution in [3.8, 4) is 11.5 Å². The first-order valence-electron chi connectivity index (χ1n) is 8.35. The lowest BCUT2D eigenvalue weighted by Crippen LogP contribution is -2.16. The minimum absolute atomic E-state index is 0.0580. The number of esters is 2. The molecule has 138 valence electrons. The molecule has 6 nitrogen and oxygen atoms in total. The molecule has 0 heterocycles. The van der Waals surface area contributed by atoms with Crippen molar-refractivity contribution in [1.82, 2.24) is 0 Å². The van der Waals surface area contributed by atoms with E-state index in [4.69, 9.17) is 14.2 Å². The Kier molecular flexibility index (Phi) is 7.49. The van der Waals surface area contributed by atoms with Gasteiger partial charge in [0.2, 0.25) is 0 Å². The third-order valence-electron chi connectivity index (χ3n) is 3.43. The maximum Gasteiger partial charge on any atom is 0.339 e. The van der Waals surface area contributed by atoms with Crippen molar-refractivity contribution in [3.63, 3.8) is 0 Å². The summed E-state index contributed by atoms with van der Waals surface area (Å²) >= 11 is 0. The van der Waals surface area contributed by atoms with Crippen LogP contribution in [0.3, 0.4) is 0 Å². The molecule has 26 heavy (non-hydrogen) atoms. The van der Waals surface area contributed by atoms with Crippen molar-refractivity contribution in [2.75, 3.05) is 26.9 Å². The number of rotatable bonds is 9. The molecule has 0 aliphatic rings. The van der Waals surface area contributed by atoms with Crippen LogP contribution in [0.15, 0.2) is 48.5 Å². The summed E-state index contributed by atoms with van der Waals surface area (Å²) in [5, 5.41) is 0. The molecule has 0 N–H and O–H groups in total. The number of carbonyl (C=O) groups is 2. The second-order valence-corrected chi connectivity index (χ2v) is 5.34. The smallest absolute Gasteiger partial charge is 0.339 e. The largest absolute Gasteiger partial charge is 0.494 e. The molecular weight excluding hydrogens is 336 g/mol. The van der Waals surface area contributed by atoms with Gasteiger partial charge in [0.25, 0.3) is 0 Å². The fraction of sp³-hybridized carbons (Fsp3) is 0.300. The van der Waals surface area contributed by atoms with Gasteiger partial charge in [0.1, 0.15) is 24.7 Å². The Bertz CT molecular complexity index is 723. The standard InChI is InChI=1S/C20H22O6/c1-3-12-24-15-8-10-16(11-9-15)25-13-14-26-20(22)18-7-5-4-6-17(18)19(21)23-2/h4-11H,3,12-14H2,1-2H3. The highest BCUT2D eigenvalue weighted by Gasteiger charge is 2.18. The maximum atomic E-state index is 12.1. The molecule has 0 aliphatic heterocycles. The highest BCUT2D eigenvalue weighted by molar-refractivity contribution is 6.03. The zero-order valence-electron chi connectivity index (χ0n) is 14.9. The molecule has 0 amide bonds. The minimum Gasteiger partial charge on any atom is -0.494 e. The van der Waals surface area contributed by atoms with Crippen molar-refractivity contribution in [2.45, 2.75) is 13.3 Å². The van der Waals surface area contributed by atoms with Gasteiger partial charge >= 0.3 is 11.9 Å². The van der Waals surface area contributed by atoms with Gasteiger partial charge in [-0.25, -0.2) is 9.59 Å². The SMILES string of the molecule is CCCOc1ccc(OCCOC(=O)c2ccccc2C(=O)OC)cc1. The van der Waals surface area contributed by atoms with E-state index in [1.54, 1.807) is 24.3 Å². The molecule has 2 aromatic rings. The maximum absolute atomic E-state index is 12.1. The highest BCUT2D eigenvalue weighted by atomic mass is 16.6. The van der Waals surface area contributed by atoms with E-state index in [0.29, 0.717) is 12.4 Å². The molecule has 0 radical (unpaired) electrons. The van der Waals surface area contributed by atoms with E-state index in [2.05, 4.69) is 4.74 Å². The molecule has 0 saturated carbocycles. The fourth-order valence-electron chi connectivity index (χ4n) is 2.17. The Labute approximate surface area is 152 Å². The molecule has 2 aromatic carbocycles. The number of methoxy groups -OCH3 is 1. The Hall–Kier alpha value is -3.02. The normalized spacial score (nSPS) is 10.1. The number of hydrogen-bond donors (Lipinski definition) is 0. The highest BCUT2D eigenvalue weighted by Crippen LogP contribution is 2.18. The van der Waals surface area contributed by atoms with E-state index in [-0.39, 0.29) is 24.3 Å². The average Bonchev–Trinajstić information content (AvgIpc) is 2.69. The fourth-order valence-corrected chi connectivity index (χ4v) is 2.17. The lowest BCUT2D eigenvalue weighted by atomic mass is 10.1. The Balaban J connectivity index is 1.81. The van der Waals surface area contributed by atoms with Crippen LogP contribution in [0.4, 0.5) is 0 Å². The van der Waals surface area contributed by atoms with Gasteiger partial charge in [0.15, 0.2) is 0 Å². The van der Waals surface area contributed by atoms with E-state index < -0.39 is 11.9 Å². The van der Waals surface area contributed by atoms with Gasteiger partial charge in [0.05, 0.1) is 24.8 Å². The molecule has 0 aliphatic carbocycles. The quantitative estimate of drug-likeness (QED) is 0.505. The van der Waals surface area contributed by atoms with Crippen molar-refractivity contribution in [2.24, 2.45) is 0 Å². The molecule has 6 heteroatoms. The topological polar surface area (TPSA) is 71.1 Å². The first-order valence-corrected chi connectivity index (χ1v) is 8.35. The molecule has 0 atom stereocenters. The monoisotopic (exact) mass is 358 g/mol. The van der Waals surface area contributed by atoms with Gasteiger partial charge < -0.3 is 18.9 Å². The predicted molar refractivity (Wildman–Crippen MR) is 95.8 cm³/mol. The molecule has 0 saturated heterocycles. The Morgan fingerprint density at radius 2 is 1.31 bits per heavy atom. The second kappa shape index (κ2) is 10.1. The molecule has 2 rings (SSSR count). The number of ether oxygens (including phenoxy) is 4. The number of carbonyl (C=O) groups excluding carboxylic acids is 2. The van der Waals surface area contributed by atoms with Gasteiger partial charge in [-0.15, -0.1) is 0 Å². The lowest BCUT2D eigenvalue weighted by Gasteiger charge is -2.10. The number of hydrogen-bond acceptors (Lipinski definition) is 6. The molecule has 0 unspecified atom stereocenters. The van der Waals surface area contributed by atoms with Gasteiger partial charge in [-0.1, -0.05) is 19.1 Å². The van der Waals surface area contributed by atoms with Crippen LogP contribution in [-0.2, 0) is 9.47 Å². The number of benzene rings is 2. The van der Waals surface area contributed by atoms with E-state index in [1.807, 2.05) is 19.1 Å². The molecule has 0 fully saturated rings. The summed E-state index contributed by atoms with van der Waals surface area (Å²) in [7, 11) is 1.26. The molecular formula is C20H22O6. The van der Waals surface area contributed by atoms with E-state index in [9.17, 15) is 9.59 Å². The van der Waals surface area contributed by atoms with Crippen molar-refractivity contribution >= 4 is 11.9 Å². The van der Waals surface area contributed by atoms with Crippen LogP contribution >= 0.6 is 0 Å². The van der Waals surface area contributed by atoms with Crippen LogP contribution in [0.2, 0.25) is 0 Å². The van der Waals surface area contributed by atoms with E-state index >= 15 is 0 Å². The van der Waals surface area contributed by atoms with Gasteiger partial charge in [-0.05, 0) is 42.8 Å². The molecule has 0 spiro atoms. The zero-order chi connectivity index (χ0) is 18.8. The average molecular weight is 358 g/mol. The van der Waals surface area contributed by atoms with Crippen molar-refractivity contribution in [1.29, 1.82) is 0 Å². The van der Waals surface area contributed by atoms with Crippen LogP contribution in [0.1, 0.15) is 34.1 Å². The third-order valence-corrected chi connectivity index (χ3v) is 3.43. The van der Waals surface area contributed by atoms with E-state index in [1.165, 1.54) is 19.2 Å². The Morgan fingerprint density at radius 3 is 1.85 bits per heavy atom. The van der Waals surface area contributed by atoms with Gasteiger partial charge in [0, 0.05) is 0 Å². The summed E-state index contributed by atoms with van der Waals surface area (Å²) in [5.41, 5.74) is 0.334. The summed E-state index contributed by atoms with van der Waals surface area (Å²) in [6, 6.07) is 13.6. The lowest BCUT2D eigenvalue weighted by molar-refractivity contribution is 0.0438. The molecule has 0 bridgehead atoms. The summed E-state index contributed by atoms with van der Waals surface area (Å²) in [5.74, 6) is 0.252. The van der Waals surface area contributed by atoms with Crippen LogP contribution in [-0.4, -0.2) is 38.9 Å². The van der Waals surface area contributed by atoms with Crippen LogP contribution in [0.5, 0.6) is 11.5 Å². The predicted octanol–water partition coefficient (Wildman–Crippen LogP) is 3.50. The molecule has 0 aromatic heterocycles. The Morgan fingerprint density at radius 1 is 0.769 bits per heavy atom. The van der Waals surface area contributed by atoms with Crippen LogP contribution in [0, 0.1) is 0 Å². The van der Waals surface area contributed by atoms with Gasteiger partial charge in [-0.2, -0.15) is 0 Å². The zero-order valence-corrected chi connectivity index (χ0v) is 14.9. The summed E-state index contributed by atoms with van der Waals surface area (Å²) in [4.78, 5) is 23.8. The summed E-state index contributed by atoms with van der Waals surface area (Å²) < 4.78 is 20.8. The van der Waals surface area contributed by atoms with Gasteiger partial charge in [-0.3, -0.25) is 0 Å². The first kappa shape index (κ1) is 19.3. The van der Waals surface area contributed by atoms with Crippen molar-refractivity contribution in [3.05, 3.63) is 59.7 Å². The second-order valence-electron chi connectivity index (χ2n) is 5.34. The third kappa shape index (κ3) is 5.51.